The first-order valence-corrected chi connectivity index (χ1v) is 14.0. The van der Waals surface area contributed by atoms with Gasteiger partial charge in [-0.15, -0.1) is 0 Å². The molecule has 0 unspecified atom stereocenters. The van der Waals surface area contributed by atoms with E-state index >= 15 is 0 Å². The SMILES string of the molecule is [2H]c1cc2c(c([2H])c1-c1c3c([2H])c([2H])c([2H])c([2H])c3c(-c3c([2H])c([2H])c(-c4c([2H])c([2H])c5oc6c([2H])c([2H])c([2H])c([2H])c6c5c4[2H])c([2H])c3[2H])c3c([2H])c([2H])c([2H])c([2H])c13)c([2H])c([2H])c1c([2H])c([2H])c([2H])c([2H])c12. The fourth-order valence-electron chi connectivity index (χ4n) is 5.72. The van der Waals surface area contributed by atoms with Crippen LogP contribution < -0.4 is 0 Å². The van der Waals surface area contributed by atoms with Crippen LogP contribution in [0, 0.1) is 0 Å². The van der Waals surface area contributed by atoms with Gasteiger partial charge in [0, 0.05) is 10.8 Å². The molecular formula is C46H28O. The molecule has 10 aromatic rings. The van der Waals surface area contributed by atoms with Gasteiger partial charge >= 0.3 is 0 Å². The van der Waals surface area contributed by atoms with Crippen LogP contribution in [-0.4, -0.2) is 0 Å². The Morgan fingerprint density at radius 1 is 0.319 bits per heavy atom. The number of fused-ring (bicyclic) bond motifs is 8. The summed E-state index contributed by atoms with van der Waals surface area (Å²) in [5.74, 6) is 0. The first-order valence-electron chi connectivity index (χ1n) is 27.5. The van der Waals surface area contributed by atoms with Crippen LogP contribution in [0.2, 0.25) is 0 Å². The number of furan rings is 1. The maximum atomic E-state index is 9.67. The Balaban J connectivity index is 1.41. The third-order valence-electron chi connectivity index (χ3n) is 7.78. The monoisotopic (exact) mass is 623 g/mol. The van der Waals surface area contributed by atoms with E-state index in [1.165, 1.54) is 0 Å². The molecule has 0 atom stereocenters. The van der Waals surface area contributed by atoms with E-state index in [-0.39, 0.29) is 16.2 Å². The Morgan fingerprint density at radius 2 is 0.851 bits per heavy atom. The Bertz CT molecular complexity index is 4280. The van der Waals surface area contributed by atoms with E-state index in [1.54, 1.807) is 0 Å². The van der Waals surface area contributed by atoms with Crippen LogP contribution >= 0.6 is 0 Å². The molecule has 0 bridgehead atoms. The van der Waals surface area contributed by atoms with Crippen LogP contribution in [-0.2, 0) is 0 Å². The van der Waals surface area contributed by atoms with E-state index in [2.05, 4.69) is 0 Å². The highest BCUT2D eigenvalue weighted by atomic mass is 16.3. The summed E-state index contributed by atoms with van der Waals surface area (Å²) >= 11 is 0. The van der Waals surface area contributed by atoms with Crippen molar-refractivity contribution in [2.24, 2.45) is 0 Å². The molecule has 0 aliphatic rings. The molecule has 0 N–H and O–H groups in total. The van der Waals surface area contributed by atoms with Crippen molar-refractivity contribution in [2.75, 3.05) is 0 Å². The van der Waals surface area contributed by atoms with Gasteiger partial charge in [-0.25, -0.2) is 0 Å². The van der Waals surface area contributed by atoms with Crippen molar-refractivity contribution in [1.82, 2.24) is 0 Å². The third kappa shape index (κ3) is 4.03. The van der Waals surface area contributed by atoms with Crippen molar-refractivity contribution in [3.8, 4) is 33.4 Å². The molecule has 1 aromatic heterocycles. The topological polar surface area (TPSA) is 13.1 Å². The molecule has 1 nitrogen and oxygen atoms in total. The highest BCUT2D eigenvalue weighted by Crippen LogP contribution is 2.45. The fraction of sp³-hybridized carbons (Fsp3) is 0. The van der Waals surface area contributed by atoms with E-state index in [1.807, 2.05) is 0 Å². The second-order valence-electron chi connectivity index (χ2n) is 10.3. The van der Waals surface area contributed by atoms with Gasteiger partial charge in [0.25, 0.3) is 0 Å². The molecule has 0 aliphatic heterocycles. The van der Waals surface area contributed by atoms with Gasteiger partial charge in [-0.05, 0) is 101 Å². The lowest BCUT2D eigenvalue weighted by molar-refractivity contribution is 0.669. The molecule has 218 valence electrons. The van der Waals surface area contributed by atoms with E-state index in [4.69, 9.17) is 26.3 Å². The van der Waals surface area contributed by atoms with Crippen LogP contribution in [0.5, 0.6) is 0 Å². The molecule has 0 aliphatic carbocycles. The quantitative estimate of drug-likeness (QED) is 0.141. The van der Waals surface area contributed by atoms with Crippen LogP contribution in [0.25, 0.3) is 98.4 Å². The minimum Gasteiger partial charge on any atom is -0.456 e. The number of hydrogen-bond acceptors (Lipinski definition) is 1. The second kappa shape index (κ2) is 10.2. The average molecular weight is 624 g/mol. The largest absolute Gasteiger partial charge is 0.456 e. The summed E-state index contributed by atoms with van der Waals surface area (Å²) in [6.07, 6.45) is 0. The van der Waals surface area contributed by atoms with E-state index in [0.29, 0.717) is 0 Å². The molecule has 0 radical (unpaired) electrons. The Labute approximate surface area is 309 Å². The van der Waals surface area contributed by atoms with Crippen molar-refractivity contribution in [2.45, 2.75) is 0 Å². The van der Waals surface area contributed by atoms with E-state index in [0.717, 1.165) is 6.07 Å². The number of benzene rings is 9. The molecule has 9 aromatic carbocycles. The summed E-state index contributed by atoms with van der Waals surface area (Å²) in [5, 5.41) is -5.04. The minimum atomic E-state index is -1.06. The highest BCUT2D eigenvalue weighted by molar-refractivity contribution is 6.22. The van der Waals surface area contributed by atoms with Crippen LogP contribution in [0.15, 0.2) is 174 Å². The van der Waals surface area contributed by atoms with E-state index in [9.17, 15) is 15.1 Å². The zero-order chi connectivity index (χ0) is 54.4. The summed E-state index contributed by atoms with van der Waals surface area (Å²) < 4.78 is 248. The van der Waals surface area contributed by atoms with Crippen molar-refractivity contribution in [3.05, 3.63) is 169 Å². The van der Waals surface area contributed by atoms with Crippen LogP contribution in [0.4, 0.5) is 0 Å². The van der Waals surface area contributed by atoms with Gasteiger partial charge < -0.3 is 4.42 Å². The lowest BCUT2D eigenvalue weighted by atomic mass is 9.85. The average Bonchev–Trinajstić information content (AvgIpc) is 3.78. The Hall–Kier alpha value is -6.18. The van der Waals surface area contributed by atoms with Gasteiger partial charge in [-0.2, -0.15) is 0 Å². The van der Waals surface area contributed by atoms with Gasteiger partial charge in [0.05, 0.1) is 37.0 Å². The molecule has 10 rings (SSSR count). The number of hydrogen-bond donors (Lipinski definition) is 0. The summed E-state index contributed by atoms with van der Waals surface area (Å²) in [4.78, 5) is 0. The van der Waals surface area contributed by atoms with Crippen molar-refractivity contribution >= 4 is 65.0 Å². The molecule has 0 saturated carbocycles. The summed E-state index contributed by atoms with van der Waals surface area (Å²) in [6, 6.07) is -22.1. The molecular weight excluding hydrogens is 569 g/mol. The molecule has 0 spiro atoms. The van der Waals surface area contributed by atoms with Gasteiger partial charge in [0.2, 0.25) is 0 Å². The van der Waals surface area contributed by atoms with Crippen molar-refractivity contribution in [1.29, 1.82) is 0 Å². The zero-order valence-corrected chi connectivity index (χ0v) is 23.5. The normalized spacial score (nSPS) is 19.9. The van der Waals surface area contributed by atoms with E-state index < -0.39 is 245 Å². The zero-order valence-electron chi connectivity index (χ0n) is 50.5. The lowest BCUT2D eigenvalue weighted by Gasteiger charge is -2.18. The number of rotatable bonds is 3. The highest BCUT2D eigenvalue weighted by Gasteiger charge is 2.17. The lowest BCUT2D eigenvalue weighted by Crippen LogP contribution is -1.91. The second-order valence-corrected chi connectivity index (χ2v) is 10.3. The molecule has 0 amide bonds. The predicted molar refractivity (Wildman–Crippen MR) is 200 cm³/mol. The maximum Gasteiger partial charge on any atom is 0.135 e. The molecule has 47 heavy (non-hydrogen) atoms. The minimum absolute atomic E-state index is 0.266. The molecule has 1 heterocycles. The molecule has 0 saturated heterocycles. The summed E-state index contributed by atoms with van der Waals surface area (Å²) in [6.45, 7) is 0. The smallest absolute Gasteiger partial charge is 0.135 e. The summed E-state index contributed by atoms with van der Waals surface area (Å²) in [7, 11) is 0. The van der Waals surface area contributed by atoms with Gasteiger partial charge in [0.1, 0.15) is 11.2 Å². The maximum absolute atomic E-state index is 9.67. The first-order chi connectivity index (χ1) is 34.6. The first kappa shape index (κ1) is 11.0. The standard InChI is InChI=1S/C46H28O/c1-2-10-35-30(9-1)19-22-33-27-34(23-25-36(33)35)46-40-14-5-3-12-38(40)45(39-13-4-6-15-41(39)46)31-20-17-29(18-21-31)32-24-26-44-42(28-32)37-11-7-8-16-43(37)47-44/h1-28H/i1D,2D,3D,4D,5D,6D,7D,8D,9D,10D,11D,12D,13D,14D,15D,16D,17D,18D,19D,20D,21D,22D,23D,24D,26D,27D,28D. The Kier molecular flexibility index (Phi) is 2.37. The van der Waals surface area contributed by atoms with Gasteiger partial charge in [-0.1, -0.05) is 145 Å². The third-order valence-corrected chi connectivity index (χ3v) is 7.78. The predicted octanol–water partition coefficient (Wildman–Crippen LogP) is 13.2. The molecule has 1 heteroatoms. The van der Waals surface area contributed by atoms with Gasteiger partial charge in [-0.3, -0.25) is 0 Å². The summed E-state index contributed by atoms with van der Waals surface area (Å²) in [5.41, 5.74) is -5.31. The Morgan fingerprint density at radius 3 is 1.57 bits per heavy atom. The van der Waals surface area contributed by atoms with Crippen LogP contribution in [0.1, 0.15) is 37.0 Å². The van der Waals surface area contributed by atoms with Crippen molar-refractivity contribution < 1.29 is 41.4 Å². The van der Waals surface area contributed by atoms with Crippen molar-refractivity contribution in [3.63, 3.8) is 0 Å². The van der Waals surface area contributed by atoms with Crippen LogP contribution in [0.3, 0.4) is 0 Å². The molecule has 0 fully saturated rings. The van der Waals surface area contributed by atoms with Gasteiger partial charge in [0.15, 0.2) is 0 Å². The number of para-hydroxylation sites is 1. The fourth-order valence-corrected chi connectivity index (χ4v) is 5.72.